The van der Waals surface area contributed by atoms with Crippen molar-refractivity contribution in [2.45, 2.75) is 44.3 Å². The second-order valence-corrected chi connectivity index (χ2v) is 10.0. The first kappa shape index (κ1) is 25.9. The maximum absolute atomic E-state index is 14.0. The first-order valence-corrected chi connectivity index (χ1v) is 13.3. The number of fused-ring (bicyclic) bond motifs is 1. The van der Waals surface area contributed by atoms with Gasteiger partial charge in [0.15, 0.2) is 0 Å². The SMILES string of the molecule is CCN1CCC[C@@H]1CNC(=O)[C@H]1c2ccccc2C(=O)N(Cc2ccc(F)cc2)[C@@H]1c1ccc(OC)cc1. The van der Waals surface area contributed by atoms with Crippen molar-refractivity contribution in [3.05, 3.63) is 101 Å². The van der Waals surface area contributed by atoms with E-state index in [1.807, 2.05) is 42.5 Å². The highest BCUT2D eigenvalue weighted by molar-refractivity contribution is 6.01. The van der Waals surface area contributed by atoms with Crippen LogP contribution in [0.5, 0.6) is 5.75 Å². The zero-order chi connectivity index (χ0) is 26.6. The van der Waals surface area contributed by atoms with Crippen molar-refractivity contribution in [2.24, 2.45) is 0 Å². The number of amides is 2. The number of hydrogen-bond acceptors (Lipinski definition) is 4. The van der Waals surface area contributed by atoms with Gasteiger partial charge in [-0.05, 0) is 73.0 Å². The first-order chi connectivity index (χ1) is 18.5. The highest BCUT2D eigenvalue weighted by Gasteiger charge is 2.44. The number of rotatable bonds is 8. The van der Waals surface area contributed by atoms with E-state index in [9.17, 15) is 14.0 Å². The fourth-order valence-corrected chi connectivity index (χ4v) is 5.88. The Morgan fingerprint density at radius 3 is 2.50 bits per heavy atom. The Bertz CT molecular complexity index is 1280. The van der Waals surface area contributed by atoms with E-state index < -0.39 is 12.0 Å². The Balaban J connectivity index is 1.55. The fraction of sp³-hybridized carbons (Fsp3) is 0.355. The first-order valence-electron chi connectivity index (χ1n) is 13.3. The third-order valence-electron chi connectivity index (χ3n) is 7.86. The van der Waals surface area contributed by atoms with Crippen molar-refractivity contribution in [1.29, 1.82) is 0 Å². The number of nitrogens with zero attached hydrogens (tertiary/aromatic N) is 2. The van der Waals surface area contributed by atoms with E-state index in [0.29, 0.717) is 23.9 Å². The van der Waals surface area contributed by atoms with Crippen LogP contribution in [-0.4, -0.2) is 54.4 Å². The summed E-state index contributed by atoms with van der Waals surface area (Å²) in [5, 5.41) is 3.24. The van der Waals surface area contributed by atoms with Gasteiger partial charge in [0.2, 0.25) is 5.91 Å². The minimum Gasteiger partial charge on any atom is -0.497 e. The molecule has 5 rings (SSSR count). The van der Waals surface area contributed by atoms with Crippen LogP contribution >= 0.6 is 0 Å². The molecule has 3 aromatic rings. The molecule has 2 amide bonds. The van der Waals surface area contributed by atoms with Gasteiger partial charge < -0.3 is 15.0 Å². The normalized spacial score (nSPS) is 21.3. The number of benzene rings is 3. The summed E-state index contributed by atoms with van der Waals surface area (Å²) in [6.45, 7) is 4.99. The van der Waals surface area contributed by atoms with Crippen molar-refractivity contribution in [3.63, 3.8) is 0 Å². The molecule has 1 N–H and O–H groups in total. The minimum absolute atomic E-state index is 0.0992. The van der Waals surface area contributed by atoms with Gasteiger partial charge in [-0.1, -0.05) is 49.4 Å². The monoisotopic (exact) mass is 515 g/mol. The van der Waals surface area contributed by atoms with E-state index >= 15 is 0 Å². The molecular formula is C31H34FN3O3. The van der Waals surface area contributed by atoms with Crippen molar-refractivity contribution >= 4 is 11.8 Å². The summed E-state index contributed by atoms with van der Waals surface area (Å²) in [6, 6.07) is 20.8. The summed E-state index contributed by atoms with van der Waals surface area (Å²) in [6.07, 6.45) is 2.20. The predicted molar refractivity (Wildman–Crippen MR) is 144 cm³/mol. The summed E-state index contributed by atoms with van der Waals surface area (Å²) < 4.78 is 19.0. The maximum Gasteiger partial charge on any atom is 0.255 e. The minimum atomic E-state index is -0.603. The average Bonchev–Trinajstić information content (AvgIpc) is 3.42. The molecule has 1 fully saturated rings. The maximum atomic E-state index is 14.0. The van der Waals surface area contributed by atoms with Crippen LogP contribution in [0, 0.1) is 5.82 Å². The van der Waals surface area contributed by atoms with Crippen LogP contribution in [0.1, 0.15) is 58.8 Å². The Morgan fingerprint density at radius 2 is 1.79 bits per heavy atom. The number of likely N-dealkylation sites (tertiary alicyclic amines) is 1. The molecule has 0 aromatic heterocycles. The summed E-state index contributed by atoms with van der Waals surface area (Å²) in [4.78, 5) is 32.1. The fourth-order valence-electron chi connectivity index (χ4n) is 5.88. The lowest BCUT2D eigenvalue weighted by molar-refractivity contribution is -0.124. The topological polar surface area (TPSA) is 61.9 Å². The van der Waals surface area contributed by atoms with Gasteiger partial charge in [-0.2, -0.15) is 0 Å². The third kappa shape index (κ3) is 5.16. The van der Waals surface area contributed by atoms with Crippen molar-refractivity contribution < 1.29 is 18.7 Å². The van der Waals surface area contributed by atoms with Gasteiger partial charge in [-0.25, -0.2) is 4.39 Å². The molecule has 7 heteroatoms. The van der Waals surface area contributed by atoms with Gasteiger partial charge in [-0.3, -0.25) is 14.5 Å². The number of ether oxygens (including phenoxy) is 1. The predicted octanol–water partition coefficient (Wildman–Crippen LogP) is 4.92. The standard InChI is InChI=1S/C31H34FN3O3/c1-3-34-18-6-7-24(34)19-33-30(36)28-26-8-4-5-9-27(26)31(37)35(20-21-10-14-23(32)15-11-21)29(28)22-12-16-25(38-2)17-13-22/h4-5,8-17,24,28-29H,3,6-7,18-20H2,1-2H3,(H,33,36)/t24-,28+,29-/m1/s1. The Morgan fingerprint density at radius 1 is 1.05 bits per heavy atom. The third-order valence-corrected chi connectivity index (χ3v) is 7.86. The Hall–Kier alpha value is -3.71. The number of halogens is 1. The zero-order valence-electron chi connectivity index (χ0n) is 21.9. The van der Waals surface area contributed by atoms with E-state index in [2.05, 4.69) is 17.1 Å². The summed E-state index contributed by atoms with van der Waals surface area (Å²) in [5.41, 5.74) is 2.88. The zero-order valence-corrected chi connectivity index (χ0v) is 21.9. The number of methoxy groups -OCH3 is 1. The number of carbonyl (C=O) groups excluding carboxylic acids is 2. The highest BCUT2D eigenvalue weighted by Crippen LogP contribution is 2.44. The summed E-state index contributed by atoms with van der Waals surface area (Å²) in [5.74, 6) is -0.487. The second-order valence-electron chi connectivity index (χ2n) is 10.0. The molecule has 1 saturated heterocycles. The lowest BCUT2D eigenvalue weighted by Gasteiger charge is -2.42. The van der Waals surface area contributed by atoms with E-state index in [4.69, 9.17) is 4.74 Å². The van der Waals surface area contributed by atoms with Crippen LogP contribution < -0.4 is 10.1 Å². The number of likely N-dealkylation sites (N-methyl/N-ethyl adjacent to an activating group) is 1. The summed E-state index contributed by atoms with van der Waals surface area (Å²) in [7, 11) is 1.61. The highest BCUT2D eigenvalue weighted by atomic mass is 19.1. The van der Waals surface area contributed by atoms with Crippen LogP contribution in [0.2, 0.25) is 0 Å². The lowest BCUT2D eigenvalue weighted by Crippen LogP contribution is -2.48. The molecule has 3 atom stereocenters. The van der Waals surface area contributed by atoms with Crippen LogP contribution in [0.3, 0.4) is 0 Å². The van der Waals surface area contributed by atoms with Gasteiger partial charge in [0, 0.05) is 24.7 Å². The van der Waals surface area contributed by atoms with Gasteiger partial charge >= 0.3 is 0 Å². The number of nitrogens with one attached hydrogen (secondary N) is 1. The van der Waals surface area contributed by atoms with Crippen LogP contribution in [-0.2, 0) is 11.3 Å². The molecule has 0 aliphatic carbocycles. The molecule has 2 heterocycles. The number of hydrogen-bond donors (Lipinski definition) is 1. The van der Waals surface area contributed by atoms with Crippen LogP contribution in [0.25, 0.3) is 0 Å². The molecule has 0 spiro atoms. The molecule has 2 aliphatic rings. The molecule has 3 aromatic carbocycles. The summed E-state index contributed by atoms with van der Waals surface area (Å²) >= 11 is 0. The lowest BCUT2D eigenvalue weighted by atomic mass is 9.79. The molecule has 2 aliphatic heterocycles. The van der Waals surface area contributed by atoms with E-state index in [0.717, 1.165) is 42.6 Å². The van der Waals surface area contributed by atoms with E-state index in [1.165, 1.54) is 12.1 Å². The average molecular weight is 516 g/mol. The van der Waals surface area contributed by atoms with E-state index in [1.54, 1.807) is 30.2 Å². The van der Waals surface area contributed by atoms with Crippen LogP contribution in [0.15, 0.2) is 72.8 Å². The van der Waals surface area contributed by atoms with Crippen LogP contribution in [0.4, 0.5) is 4.39 Å². The quantitative estimate of drug-likeness (QED) is 0.463. The smallest absolute Gasteiger partial charge is 0.255 e. The molecule has 38 heavy (non-hydrogen) atoms. The Kier molecular flexibility index (Phi) is 7.74. The van der Waals surface area contributed by atoms with Gasteiger partial charge in [0.1, 0.15) is 11.6 Å². The van der Waals surface area contributed by atoms with Crippen molar-refractivity contribution in [1.82, 2.24) is 15.1 Å². The van der Waals surface area contributed by atoms with Gasteiger partial charge in [0.05, 0.1) is 19.1 Å². The molecule has 198 valence electrons. The molecular weight excluding hydrogens is 481 g/mol. The van der Waals surface area contributed by atoms with Gasteiger partial charge in [0.25, 0.3) is 5.91 Å². The molecule has 0 bridgehead atoms. The largest absolute Gasteiger partial charge is 0.497 e. The van der Waals surface area contributed by atoms with Crippen molar-refractivity contribution in [2.75, 3.05) is 26.7 Å². The Labute approximate surface area is 223 Å². The van der Waals surface area contributed by atoms with Crippen molar-refractivity contribution in [3.8, 4) is 5.75 Å². The molecule has 6 nitrogen and oxygen atoms in total. The molecule has 0 saturated carbocycles. The second kappa shape index (κ2) is 11.4. The molecule has 0 unspecified atom stereocenters. The number of carbonyl (C=O) groups is 2. The molecule has 0 radical (unpaired) electrons. The van der Waals surface area contributed by atoms with Gasteiger partial charge in [-0.15, -0.1) is 0 Å². The van der Waals surface area contributed by atoms with E-state index in [-0.39, 0.29) is 24.2 Å².